The number of hydrogen-bond acceptors (Lipinski definition) is 6. The molecule has 2 N–H and O–H groups in total. The Bertz CT molecular complexity index is 723. The molecular formula is C14H15Cl7NO6P. The number of hydrogen-bond donors (Lipinski definition) is 2. The molecule has 1 amide bonds. The van der Waals surface area contributed by atoms with Gasteiger partial charge in [-0.05, 0) is 12.1 Å². The molecule has 0 bridgehead atoms. The normalized spacial score (nSPS) is 14.3. The van der Waals surface area contributed by atoms with Gasteiger partial charge in [-0.2, -0.15) is 0 Å². The van der Waals surface area contributed by atoms with Gasteiger partial charge in [0.05, 0.1) is 13.2 Å². The van der Waals surface area contributed by atoms with Crippen molar-refractivity contribution in [1.29, 1.82) is 0 Å². The van der Waals surface area contributed by atoms with Crippen molar-refractivity contribution in [1.82, 2.24) is 5.32 Å². The fourth-order valence-corrected chi connectivity index (χ4v) is 4.77. The Morgan fingerprint density at radius 1 is 1.14 bits per heavy atom. The van der Waals surface area contributed by atoms with Gasteiger partial charge < -0.3 is 18.9 Å². The lowest BCUT2D eigenvalue weighted by Gasteiger charge is -2.28. The number of ether oxygens (including phenoxy) is 1. The molecule has 0 aliphatic heterocycles. The molecule has 166 valence electrons. The minimum Gasteiger partial charge on any atom is -0.428 e. The molecule has 0 fully saturated rings. The standard InChI is InChI=1S/C14H15Cl7NO6P/c15-3-5-26-29(25,27-6-4-16)11(9-2-1-8(17)7-10(9)18)28-13(24)22-12(23)14(19,20)21/h1-2,7,11-12,23H,3-6H2,(H,22,24). The van der Waals surface area contributed by atoms with Crippen LogP contribution in [0.4, 0.5) is 4.79 Å². The third-order valence-corrected chi connectivity index (χ3v) is 6.53. The highest BCUT2D eigenvalue weighted by Gasteiger charge is 2.43. The van der Waals surface area contributed by atoms with E-state index in [9.17, 15) is 14.5 Å². The second-order valence-corrected chi connectivity index (χ2v) is 11.1. The summed E-state index contributed by atoms with van der Waals surface area (Å²) in [4.78, 5) is 12.2. The van der Waals surface area contributed by atoms with Crippen LogP contribution in [0, 0.1) is 0 Å². The molecule has 0 saturated heterocycles. The molecule has 1 rings (SSSR count). The van der Waals surface area contributed by atoms with Crippen LogP contribution in [0.1, 0.15) is 11.4 Å². The van der Waals surface area contributed by atoms with Crippen LogP contribution in [0.5, 0.6) is 0 Å². The maximum absolute atomic E-state index is 13.4. The van der Waals surface area contributed by atoms with Gasteiger partial charge in [-0.1, -0.05) is 64.1 Å². The van der Waals surface area contributed by atoms with Gasteiger partial charge in [0.15, 0.2) is 6.23 Å². The van der Waals surface area contributed by atoms with E-state index < -0.39 is 29.6 Å². The summed E-state index contributed by atoms with van der Waals surface area (Å²) in [6.45, 7) is -0.408. The number of alkyl carbamates (subject to hydrolysis) is 1. The minimum atomic E-state index is -4.22. The molecule has 0 saturated carbocycles. The average molecular weight is 572 g/mol. The van der Waals surface area contributed by atoms with Crippen molar-refractivity contribution >= 4 is 94.9 Å². The summed E-state index contributed by atoms with van der Waals surface area (Å²) in [6, 6.07) is 4.10. The number of benzene rings is 1. The summed E-state index contributed by atoms with van der Waals surface area (Å²) >= 11 is 39.7. The molecule has 0 aromatic heterocycles. The van der Waals surface area contributed by atoms with Crippen molar-refractivity contribution < 1.29 is 28.3 Å². The molecular weight excluding hydrogens is 557 g/mol. The molecule has 1 aromatic carbocycles. The van der Waals surface area contributed by atoms with Crippen molar-refractivity contribution in [2.75, 3.05) is 25.0 Å². The predicted octanol–water partition coefficient (Wildman–Crippen LogP) is 6.11. The summed E-state index contributed by atoms with van der Waals surface area (Å²) in [5, 5.41) is 11.9. The van der Waals surface area contributed by atoms with Crippen molar-refractivity contribution in [2.45, 2.75) is 15.9 Å². The lowest BCUT2D eigenvalue weighted by atomic mass is 10.2. The predicted molar refractivity (Wildman–Crippen MR) is 116 cm³/mol. The second-order valence-electron chi connectivity index (χ2n) is 5.10. The van der Waals surface area contributed by atoms with Gasteiger partial charge in [0.25, 0.3) is 0 Å². The fraction of sp³-hybridized carbons (Fsp3) is 0.500. The van der Waals surface area contributed by atoms with Crippen LogP contribution in [-0.2, 0) is 18.3 Å². The Morgan fingerprint density at radius 2 is 1.69 bits per heavy atom. The number of amides is 1. The SMILES string of the molecule is O=C(NC(O)C(Cl)(Cl)Cl)OC(c1ccc(Cl)cc1Cl)P(=O)(OCCCl)OCCCl. The molecule has 2 unspecified atom stereocenters. The third kappa shape index (κ3) is 8.95. The highest BCUT2D eigenvalue weighted by Crippen LogP contribution is 2.62. The molecule has 29 heavy (non-hydrogen) atoms. The maximum Gasteiger partial charge on any atom is 0.410 e. The topological polar surface area (TPSA) is 94.1 Å². The van der Waals surface area contributed by atoms with Gasteiger partial charge in [-0.15, -0.1) is 23.2 Å². The van der Waals surface area contributed by atoms with E-state index in [0.717, 1.165) is 0 Å². The largest absolute Gasteiger partial charge is 0.428 e. The van der Waals surface area contributed by atoms with E-state index in [2.05, 4.69) is 0 Å². The number of rotatable bonds is 10. The first-order chi connectivity index (χ1) is 13.4. The summed E-state index contributed by atoms with van der Waals surface area (Å²) in [6.07, 6.45) is -3.24. The fourth-order valence-electron chi connectivity index (χ4n) is 1.83. The molecule has 0 radical (unpaired) electrons. The number of aliphatic hydroxyl groups is 1. The van der Waals surface area contributed by atoms with E-state index in [1.54, 1.807) is 0 Å². The number of halogens is 7. The van der Waals surface area contributed by atoms with Crippen LogP contribution >= 0.6 is 88.8 Å². The monoisotopic (exact) mass is 569 g/mol. The molecule has 0 heterocycles. The van der Waals surface area contributed by atoms with Gasteiger partial charge in [0.2, 0.25) is 9.64 Å². The minimum absolute atomic E-state index is 0.00129. The van der Waals surface area contributed by atoms with Gasteiger partial charge in [0.1, 0.15) is 0 Å². The Hall–Kier alpha value is 0.630. The molecule has 1 aromatic rings. The van der Waals surface area contributed by atoms with E-state index in [4.69, 9.17) is 95.0 Å². The first-order valence-corrected chi connectivity index (χ1v) is 12.2. The van der Waals surface area contributed by atoms with Gasteiger partial charge in [-0.25, -0.2) is 4.79 Å². The lowest BCUT2D eigenvalue weighted by Crippen LogP contribution is -2.44. The quantitative estimate of drug-likeness (QED) is 0.200. The summed E-state index contributed by atoms with van der Waals surface area (Å²) in [7, 11) is -4.22. The summed E-state index contributed by atoms with van der Waals surface area (Å²) in [5.74, 6) is -1.75. The number of carbonyl (C=O) groups is 1. The number of nitrogens with one attached hydrogen (secondary N) is 1. The zero-order valence-corrected chi connectivity index (χ0v) is 20.5. The Labute approximate surface area is 202 Å². The van der Waals surface area contributed by atoms with Gasteiger partial charge >= 0.3 is 13.7 Å². The van der Waals surface area contributed by atoms with Gasteiger partial charge in [0, 0.05) is 27.4 Å². The van der Waals surface area contributed by atoms with Crippen LogP contribution < -0.4 is 5.32 Å². The van der Waals surface area contributed by atoms with Crippen LogP contribution in [0.25, 0.3) is 0 Å². The molecule has 0 spiro atoms. The van der Waals surface area contributed by atoms with Crippen molar-refractivity contribution in [3.63, 3.8) is 0 Å². The summed E-state index contributed by atoms with van der Waals surface area (Å²) < 4.78 is 26.8. The molecule has 0 aliphatic rings. The van der Waals surface area contributed by atoms with Crippen molar-refractivity contribution in [3.05, 3.63) is 33.8 Å². The second kappa shape index (κ2) is 12.6. The van der Waals surface area contributed by atoms with E-state index in [-0.39, 0.29) is 40.6 Å². The molecule has 2 atom stereocenters. The van der Waals surface area contributed by atoms with Crippen LogP contribution in [-0.4, -0.2) is 46.2 Å². The molecule has 15 heteroatoms. The van der Waals surface area contributed by atoms with E-state index in [0.29, 0.717) is 0 Å². The Morgan fingerprint density at radius 3 is 2.14 bits per heavy atom. The van der Waals surface area contributed by atoms with Gasteiger partial charge in [-0.3, -0.25) is 9.88 Å². The maximum atomic E-state index is 13.4. The zero-order valence-electron chi connectivity index (χ0n) is 14.3. The lowest BCUT2D eigenvalue weighted by molar-refractivity contribution is 0.0770. The first kappa shape index (κ1) is 27.7. The highest BCUT2D eigenvalue weighted by molar-refractivity contribution is 7.54. The van der Waals surface area contributed by atoms with E-state index in [1.807, 2.05) is 5.32 Å². The smallest absolute Gasteiger partial charge is 0.410 e. The number of carbonyl (C=O) groups excluding carboxylic acids is 1. The average Bonchev–Trinajstić information content (AvgIpc) is 2.62. The third-order valence-electron chi connectivity index (χ3n) is 3.00. The first-order valence-electron chi connectivity index (χ1n) is 7.62. The Balaban J connectivity index is 3.29. The van der Waals surface area contributed by atoms with Crippen LogP contribution in [0.2, 0.25) is 10.0 Å². The molecule has 0 aliphatic carbocycles. The van der Waals surface area contributed by atoms with Crippen LogP contribution in [0.15, 0.2) is 18.2 Å². The van der Waals surface area contributed by atoms with E-state index in [1.165, 1.54) is 18.2 Å². The number of aliphatic hydroxyl groups excluding tert-OH is 1. The summed E-state index contributed by atoms with van der Waals surface area (Å²) in [5.41, 5.74) is 0.0436. The zero-order chi connectivity index (χ0) is 22.2. The molecule has 7 nitrogen and oxygen atoms in total. The Kier molecular flexibility index (Phi) is 12.0. The van der Waals surface area contributed by atoms with Crippen molar-refractivity contribution in [3.8, 4) is 0 Å². The number of alkyl halides is 5. The highest BCUT2D eigenvalue weighted by atomic mass is 35.6. The van der Waals surface area contributed by atoms with Crippen LogP contribution in [0.3, 0.4) is 0 Å². The van der Waals surface area contributed by atoms with E-state index >= 15 is 0 Å². The van der Waals surface area contributed by atoms with Crippen molar-refractivity contribution in [2.24, 2.45) is 0 Å².